The number of ether oxygens (including phenoxy) is 3. The number of benzene rings is 2. The minimum atomic E-state index is -0.972. The van der Waals surface area contributed by atoms with Gasteiger partial charge < -0.3 is 19.5 Å². The molecule has 158 valence electrons. The van der Waals surface area contributed by atoms with Crippen LogP contribution in [0.1, 0.15) is 48.4 Å². The summed E-state index contributed by atoms with van der Waals surface area (Å²) in [7, 11) is 0. The molecule has 0 aromatic heterocycles. The predicted molar refractivity (Wildman–Crippen MR) is 111 cm³/mol. The molecular formula is C23H25NO6. The molecule has 0 unspecified atom stereocenters. The van der Waals surface area contributed by atoms with E-state index in [0.717, 1.165) is 0 Å². The largest absolute Gasteiger partial charge is 0.486 e. The van der Waals surface area contributed by atoms with Crippen LogP contribution in [0.3, 0.4) is 0 Å². The second kappa shape index (κ2) is 8.57. The van der Waals surface area contributed by atoms with E-state index >= 15 is 0 Å². The second-order valence-electron chi connectivity index (χ2n) is 8.05. The van der Waals surface area contributed by atoms with E-state index in [1.807, 2.05) is 20.8 Å². The number of carbonyl (C=O) groups is 3. The van der Waals surface area contributed by atoms with Crippen molar-refractivity contribution in [2.24, 2.45) is 5.41 Å². The van der Waals surface area contributed by atoms with Crippen LogP contribution in [0.5, 0.6) is 11.5 Å². The van der Waals surface area contributed by atoms with Crippen LogP contribution in [-0.2, 0) is 9.53 Å². The van der Waals surface area contributed by atoms with Gasteiger partial charge in [-0.3, -0.25) is 9.59 Å². The van der Waals surface area contributed by atoms with Crippen molar-refractivity contribution < 1.29 is 28.6 Å². The molecule has 0 saturated heterocycles. The van der Waals surface area contributed by atoms with Gasteiger partial charge >= 0.3 is 5.97 Å². The second-order valence-corrected chi connectivity index (χ2v) is 8.05. The third-order valence-electron chi connectivity index (χ3n) is 4.54. The summed E-state index contributed by atoms with van der Waals surface area (Å²) in [6.45, 7) is 7.84. The molecule has 3 rings (SSSR count). The first kappa shape index (κ1) is 21.4. The van der Waals surface area contributed by atoms with Crippen molar-refractivity contribution in [2.45, 2.75) is 33.8 Å². The lowest BCUT2D eigenvalue weighted by Gasteiger charge is -2.19. The lowest BCUT2D eigenvalue weighted by atomic mass is 9.95. The Bertz CT molecular complexity index is 959. The molecule has 0 radical (unpaired) electrons. The number of amides is 1. The van der Waals surface area contributed by atoms with Crippen LogP contribution in [0.4, 0.5) is 5.69 Å². The first-order chi connectivity index (χ1) is 14.1. The predicted octanol–water partition coefficient (Wildman–Crippen LogP) is 3.87. The Morgan fingerprint density at radius 1 is 0.933 bits per heavy atom. The lowest BCUT2D eigenvalue weighted by Crippen LogP contribution is -2.27. The van der Waals surface area contributed by atoms with Gasteiger partial charge in [-0.15, -0.1) is 0 Å². The van der Waals surface area contributed by atoms with E-state index in [2.05, 4.69) is 5.32 Å². The van der Waals surface area contributed by atoms with E-state index in [-0.39, 0.29) is 17.3 Å². The number of fused-ring (bicyclic) bond motifs is 1. The smallest absolute Gasteiger partial charge is 0.338 e. The van der Waals surface area contributed by atoms with Gasteiger partial charge in [-0.1, -0.05) is 20.8 Å². The molecule has 1 aliphatic heterocycles. The summed E-state index contributed by atoms with van der Waals surface area (Å²) in [4.78, 5) is 37.1. The van der Waals surface area contributed by atoms with Crippen molar-refractivity contribution in [1.29, 1.82) is 0 Å². The molecule has 1 amide bonds. The van der Waals surface area contributed by atoms with Gasteiger partial charge in [0, 0.05) is 16.7 Å². The van der Waals surface area contributed by atoms with Crippen molar-refractivity contribution in [3.05, 3.63) is 53.6 Å². The Hall–Kier alpha value is -3.35. The molecule has 0 fully saturated rings. The van der Waals surface area contributed by atoms with Gasteiger partial charge in [0.1, 0.15) is 13.2 Å². The summed E-state index contributed by atoms with van der Waals surface area (Å²) < 4.78 is 16.2. The van der Waals surface area contributed by atoms with Crippen LogP contribution in [0, 0.1) is 5.41 Å². The average Bonchev–Trinajstić information content (AvgIpc) is 2.72. The Morgan fingerprint density at radius 2 is 1.53 bits per heavy atom. The molecule has 7 nitrogen and oxygen atoms in total. The quantitative estimate of drug-likeness (QED) is 0.593. The SMILES string of the molecule is C[C@H](OC(=O)c1ccc2c(c1)OCCO2)C(=O)c1ccc(NC(=O)C(C)(C)C)cc1. The third kappa shape index (κ3) is 4.97. The van der Waals surface area contributed by atoms with E-state index in [1.54, 1.807) is 42.5 Å². The summed E-state index contributed by atoms with van der Waals surface area (Å²) >= 11 is 0. The number of carbonyl (C=O) groups excluding carboxylic acids is 3. The topological polar surface area (TPSA) is 90.9 Å². The van der Waals surface area contributed by atoms with Crippen molar-refractivity contribution in [3.63, 3.8) is 0 Å². The first-order valence-electron chi connectivity index (χ1n) is 9.71. The van der Waals surface area contributed by atoms with Crippen LogP contribution in [0.25, 0.3) is 0 Å². The normalized spacial score (nSPS) is 13.9. The molecule has 7 heteroatoms. The van der Waals surface area contributed by atoms with Crippen LogP contribution in [-0.4, -0.2) is 37.0 Å². The number of hydrogen-bond donors (Lipinski definition) is 1. The molecule has 1 aliphatic rings. The molecule has 2 aromatic rings. The number of ketones is 1. The fourth-order valence-electron chi connectivity index (χ4n) is 2.72. The lowest BCUT2D eigenvalue weighted by molar-refractivity contribution is -0.123. The number of nitrogens with one attached hydrogen (secondary N) is 1. The fourth-order valence-corrected chi connectivity index (χ4v) is 2.72. The van der Waals surface area contributed by atoms with Crippen molar-refractivity contribution in [1.82, 2.24) is 0 Å². The fraction of sp³-hybridized carbons (Fsp3) is 0.348. The Morgan fingerprint density at radius 3 is 2.17 bits per heavy atom. The van der Waals surface area contributed by atoms with Gasteiger partial charge in [-0.05, 0) is 49.4 Å². The maximum atomic E-state index is 12.6. The van der Waals surface area contributed by atoms with Gasteiger partial charge in [-0.2, -0.15) is 0 Å². The number of rotatable bonds is 5. The van der Waals surface area contributed by atoms with Crippen LogP contribution >= 0.6 is 0 Å². The van der Waals surface area contributed by atoms with Gasteiger partial charge in [0.2, 0.25) is 11.7 Å². The monoisotopic (exact) mass is 411 g/mol. The van der Waals surface area contributed by atoms with Gasteiger partial charge in [0.05, 0.1) is 5.56 Å². The molecule has 1 N–H and O–H groups in total. The Kier molecular flexibility index (Phi) is 6.10. The van der Waals surface area contributed by atoms with Gasteiger partial charge in [-0.25, -0.2) is 4.79 Å². The maximum absolute atomic E-state index is 12.6. The first-order valence-corrected chi connectivity index (χ1v) is 9.71. The van der Waals surface area contributed by atoms with E-state index < -0.39 is 17.5 Å². The van der Waals surface area contributed by atoms with E-state index in [0.29, 0.717) is 36.0 Å². The number of anilines is 1. The molecule has 1 heterocycles. The summed E-state index contributed by atoms with van der Waals surface area (Å²) in [6.07, 6.45) is -0.972. The maximum Gasteiger partial charge on any atom is 0.338 e. The summed E-state index contributed by atoms with van der Waals surface area (Å²) in [6, 6.07) is 11.2. The standard InChI is InChI=1S/C23H25NO6/c1-14(30-21(26)16-7-10-18-19(13-16)29-12-11-28-18)20(25)15-5-8-17(9-6-15)24-22(27)23(2,3)4/h5-10,13-14H,11-12H2,1-4H3,(H,24,27)/t14-/m0/s1. The highest BCUT2D eigenvalue weighted by atomic mass is 16.6. The number of hydrogen-bond acceptors (Lipinski definition) is 6. The molecule has 0 aliphatic carbocycles. The molecule has 0 saturated carbocycles. The molecular weight excluding hydrogens is 386 g/mol. The zero-order chi connectivity index (χ0) is 21.9. The molecule has 1 atom stereocenters. The average molecular weight is 411 g/mol. The van der Waals surface area contributed by atoms with E-state index in [9.17, 15) is 14.4 Å². The van der Waals surface area contributed by atoms with Crippen molar-refractivity contribution >= 4 is 23.3 Å². The molecule has 30 heavy (non-hydrogen) atoms. The molecule has 2 aromatic carbocycles. The van der Waals surface area contributed by atoms with Crippen LogP contribution in [0.2, 0.25) is 0 Å². The summed E-state index contributed by atoms with van der Waals surface area (Å²) in [5.74, 6) is -0.0390. The zero-order valence-corrected chi connectivity index (χ0v) is 17.5. The van der Waals surface area contributed by atoms with Crippen LogP contribution in [0.15, 0.2) is 42.5 Å². The van der Waals surface area contributed by atoms with E-state index in [1.165, 1.54) is 6.92 Å². The highest BCUT2D eigenvalue weighted by Crippen LogP contribution is 2.31. The van der Waals surface area contributed by atoms with Gasteiger partial charge in [0.25, 0.3) is 0 Å². The Balaban J connectivity index is 1.62. The van der Waals surface area contributed by atoms with Gasteiger partial charge in [0.15, 0.2) is 17.6 Å². The minimum absolute atomic E-state index is 0.122. The van der Waals surface area contributed by atoms with Crippen molar-refractivity contribution in [3.8, 4) is 11.5 Å². The Labute approximate surface area is 175 Å². The summed E-state index contributed by atoms with van der Waals surface area (Å²) in [5.41, 5.74) is 0.725. The zero-order valence-electron chi connectivity index (χ0n) is 17.5. The third-order valence-corrected chi connectivity index (χ3v) is 4.54. The molecule has 0 bridgehead atoms. The number of Topliss-reactive ketones (excluding diaryl/α,β-unsaturated/α-hetero) is 1. The molecule has 0 spiro atoms. The van der Waals surface area contributed by atoms with Crippen LogP contribution < -0.4 is 14.8 Å². The minimum Gasteiger partial charge on any atom is -0.486 e. The summed E-state index contributed by atoms with van der Waals surface area (Å²) in [5, 5.41) is 2.80. The highest BCUT2D eigenvalue weighted by molar-refractivity contribution is 6.02. The van der Waals surface area contributed by atoms with Crippen molar-refractivity contribution in [2.75, 3.05) is 18.5 Å². The van der Waals surface area contributed by atoms with E-state index in [4.69, 9.17) is 14.2 Å². The highest BCUT2D eigenvalue weighted by Gasteiger charge is 2.23. The number of esters is 1.